The summed E-state index contributed by atoms with van der Waals surface area (Å²) in [6.07, 6.45) is 3.14. The van der Waals surface area contributed by atoms with Crippen LogP contribution in [0.25, 0.3) is 11.3 Å². The topological polar surface area (TPSA) is 96.4 Å². The molecule has 1 heterocycles. The van der Waals surface area contributed by atoms with Gasteiger partial charge >= 0.3 is 5.97 Å². The molecule has 3 aromatic rings. The number of aromatic nitrogens is 2. The van der Waals surface area contributed by atoms with Crippen LogP contribution in [0.3, 0.4) is 0 Å². The normalized spacial score (nSPS) is 12.3. The molecule has 0 fully saturated rings. The SMILES string of the molecule is COC(=O)c1ccc(/C=N\NC(=O)c2[nH]nc3c2CCc2ccccc2-3)cc1. The molecule has 7 heteroatoms. The highest BCUT2D eigenvalue weighted by Gasteiger charge is 2.24. The maximum atomic E-state index is 12.5. The third-order valence-corrected chi connectivity index (χ3v) is 4.72. The van der Waals surface area contributed by atoms with Gasteiger partial charge in [-0.1, -0.05) is 36.4 Å². The number of carbonyl (C=O) groups excluding carboxylic acids is 2. The van der Waals surface area contributed by atoms with Gasteiger partial charge in [-0.25, -0.2) is 10.2 Å². The molecule has 1 aliphatic carbocycles. The summed E-state index contributed by atoms with van der Waals surface area (Å²) in [4.78, 5) is 23.9. The van der Waals surface area contributed by atoms with Crippen LogP contribution in [-0.2, 0) is 17.6 Å². The van der Waals surface area contributed by atoms with E-state index in [9.17, 15) is 9.59 Å². The molecule has 2 N–H and O–H groups in total. The Balaban J connectivity index is 1.46. The van der Waals surface area contributed by atoms with Crippen LogP contribution in [0.15, 0.2) is 53.6 Å². The minimum Gasteiger partial charge on any atom is -0.465 e. The third-order valence-electron chi connectivity index (χ3n) is 4.72. The Bertz CT molecular complexity index is 1070. The number of amides is 1. The van der Waals surface area contributed by atoms with Gasteiger partial charge in [-0.2, -0.15) is 10.2 Å². The van der Waals surface area contributed by atoms with Gasteiger partial charge in [-0.05, 0) is 36.1 Å². The molecule has 1 amide bonds. The molecule has 0 unspecified atom stereocenters. The summed E-state index contributed by atoms with van der Waals surface area (Å²) in [7, 11) is 1.33. The van der Waals surface area contributed by atoms with Crippen molar-refractivity contribution in [1.29, 1.82) is 0 Å². The summed E-state index contributed by atoms with van der Waals surface area (Å²) in [5, 5.41) is 11.2. The number of hydrogen-bond donors (Lipinski definition) is 2. The maximum absolute atomic E-state index is 12.5. The highest BCUT2D eigenvalue weighted by molar-refractivity contribution is 5.96. The molecule has 0 saturated heterocycles. The van der Waals surface area contributed by atoms with Crippen molar-refractivity contribution in [1.82, 2.24) is 15.6 Å². The van der Waals surface area contributed by atoms with E-state index in [2.05, 4.69) is 31.5 Å². The number of H-pyrrole nitrogens is 1. The van der Waals surface area contributed by atoms with Crippen molar-refractivity contribution in [2.45, 2.75) is 12.8 Å². The zero-order valence-corrected chi connectivity index (χ0v) is 15.2. The van der Waals surface area contributed by atoms with Gasteiger partial charge in [0.25, 0.3) is 5.91 Å². The van der Waals surface area contributed by atoms with Crippen LogP contribution in [0.5, 0.6) is 0 Å². The van der Waals surface area contributed by atoms with E-state index in [0.717, 1.165) is 35.2 Å². The average molecular weight is 374 g/mol. The van der Waals surface area contributed by atoms with Crippen molar-refractivity contribution in [2.24, 2.45) is 5.10 Å². The van der Waals surface area contributed by atoms with E-state index in [-0.39, 0.29) is 5.91 Å². The van der Waals surface area contributed by atoms with Crippen molar-refractivity contribution >= 4 is 18.1 Å². The number of nitrogens with one attached hydrogen (secondary N) is 2. The standard InChI is InChI=1S/C21H18N4O3/c1-28-21(27)15-8-6-13(7-9-15)12-22-25-20(26)19-17-11-10-14-4-2-3-5-16(14)18(17)23-24-19/h2-9,12H,10-11H2,1H3,(H,23,24)(H,25,26)/b22-12-. The first-order valence-corrected chi connectivity index (χ1v) is 8.84. The average Bonchev–Trinajstić information content (AvgIpc) is 3.18. The lowest BCUT2D eigenvalue weighted by Gasteiger charge is -2.15. The van der Waals surface area contributed by atoms with Gasteiger partial charge in [0.05, 0.1) is 24.6 Å². The number of carbonyl (C=O) groups is 2. The molecule has 1 aromatic heterocycles. The van der Waals surface area contributed by atoms with Crippen LogP contribution >= 0.6 is 0 Å². The van der Waals surface area contributed by atoms with Crippen molar-refractivity contribution in [2.75, 3.05) is 7.11 Å². The minimum absolute atomic E-state index is 0.337. The summed E-state index contributed by atoms with van der Waals surface area (Å²) < 4.78 is 4.66. The Kier molecular flexibility index (Phi) is 4.72. The number of benzene rings is 2. The van der Waals surface area contributed by atoms with E-state index in [1.54, 1.807) is 24.3 Å². The second kappa shape index (κ2) is 7.48. The maximum Gasteiger partial charge on any atom is 0.337 e. The van der Waals surface area contributed by atoms with Gasteiger partial charge < -0.3 is 4.74 Å². The van der Waals surface area contributed by atoms with Gasteiger partial charge in [0.2, 0.25) is 0 Å². The lowest BCUT2D eigenvalue weighted by molar-refractivity contribution is 0.0600. The fourth-order valence-electron chi connectivity index (χ4n) is 3.29. The fraction of sp³-hybridized carbons (Fsp3) is 0.143. The molecule has 28 heavy (non-hydrogen) atoms. The molecule has 2 aromatic carbocycles. The smallest absolute Gasteiger partial charge is 0.337 e. The number of nitrogens with zero attached hydrogens (tertiary/aromatic N) is 2. The lowest BCUT2D eigenvalue weighted by atomic mass is 9.89. The van der Waals surface area contributed by atoms with Crippen molar-refractivity contribution in [3.05, 3.63) is 76.5 Å². The molecular weight excluding hydrogens is 356 g/mol. The first kappa shape index (κ1) is 17.7. The van der Waals surface area contributed by atoms with E-state index >= 15 is 0 Å². The predicted octanol–water partition coefficient (Wildman–Crippen LogP) is 2.73. The summed E-state index contributed by atoms with van der Waals surface area (Å²) >= 11 is 0. The number of methoxy groups -OCH3 is 1. The van der Waals surface area contributed by atoms with Crippen molar-refractivity contribution in [3.63, 3.8) is 0 Å². The molecule has 0 radical (unpaired) electrons. The first-order chi connectivity index (χ1) is 13.7. The van der Waals surface area contributed by atoms with Gasteiger partial charge in [-0.15, -0.1) is 0 Å². The van der Waals surface area contributed by atoms with Gasteiger partial charge in [0, 0.05) is 11.1 Å². The summed E-state index contributed by atoms with van der Waals surface area (Å²) in [5.74, 6) is -0.738. The van der Waals surface area contributed by atoms with Gasteiger partial charge in [-0.3, -0.25) is 9.89 Å². The van der Waals surface area contributed by atoms with Crippen LogP contribution in [0.4, 0.5) is 0 Å². The van der Waals surface area contributed by atoms with Crippen LogP contribution in [0, 0.1) is 0 Å². The summed E-state index contributed by atoms with van der Waals surface area (Å²) in [5.41, 5.74) is 8.19. The van der Waals surface area contributed by atoms with E-state index in [4.69, 9.17) is 0 Å². The monoisotopic (exact) mass is 374 g/mol. The number of aromatic amines is 1. The minimum atomic E-state index is -0.401. The second-order valence-corrected chi connectivity index (χ2v) is 6.40. The van der Waals surface area contributed by atoms with E-state index < -0.39 is 5.97 Å². The number of hydrogen-bond acceptors (Lipinski definition) is 5. The Morgan fingerprint density at radius 2 is 1.93 bits per heavy atom. The molecule has 0 saturated carbocycles. The molecule has 7 nitrogen and oxygen atoms in total. The molecule has 0 atom stereocenters. The van der Waals surface area contributed by atoms with Crippen molar-refractivity contribution < 1.29 is 14.3 Å². The lowest BCUT2D eigenvalue weighted by Crippen LogP contribution is -2.20. The molecule has 0 spiro atoms. The van der Waals surface area contributed by atoms with E-state index in [0.29, 0.717) is 11.3 Å². The Labute approximate surface area is 161 Å². The molecule has 1 aliphatic rings. The number of hydrazone groups is 1. The molecule has 140 valence electrons. The third kappa shape index (κ3) is 3.29. The number of esters is 1. The largest absolute Gasteiger partial charge is 0.465 e. The van der Waals surface area contributed by atoms with E-state index in [1.165, 1.54) is 18.9 Å². The highest BCUT2D eigenvalue weighted by Crippen LogP contribution is 2.33. The molecule has 4 rings (SSSR count). The zero-order valence-electron chi connectivity index (χ0n) is 15.2. The summed E-state index contributed by atoms with van der Waals surface area (Å²) in [6.45, 7) is 0. The second-order valence-electron chi connectivity index (χ2n) is 6.40. The van der Waals surface area contributed by atoms with E-state index in [1.807, 2.05) is 18.2 Å². The zero-order chi connectivity index (χ0) is 19.5. The number of fused-ring (bicyclic) bond motifs is 3. The quantitative estimate of drug-likeness (QED) is 0.417. The number of ether oxygens (including phenoxy) is 1. The Morgan fingerprint density at radius 3 is 2.71 bits per heavy atom. The van der Waals surface area contributed by atoms with Crippen LogP contribution in [0.2, 0.25) is 0 Å². The Morgan fingerprint density at radius 1 is 1.14 bits per heavy atom. The van der Waals surface area contributed by atoms with Crippen LogP contribution in [-0.4, -0.2) is 35.4 Å². The fourth-order valence-corrected chi connectivity index (χ4v) is 3.29. The number of rotatable bonds is 4. The van der Waals surface area contributed by atoms with Crippen LogP contribution < -0.4 is 5.43 Å². The van der Waals surface area contributed by atoms with Crippen molar-refractivity contribution in [3.8, 4) is 11.3 Å². The van der Waals surface area contributed by atoms with Gasteiger partial charge in [0.1, 0.15) is 5.69 Å². The molecule has 0 bridgehead atoms. The predicted molar refractivity (Wildman–Crippen MR) is 104 cm³/mol. The molecular formula is C21H18N4O3. The Hall–Kier alpha value is -3.74. The summed E-state index contributed by atoms with van der Waals surface area (Å²) in [6, 6.07) is 14.8. The molecule has 0 aliphatic heterocycles. The van der Waals surface area contributed by atoms with Gasteiger partial charge in [0.15, 0.2) is 0 Å². The number of aryl methyl sites for hydroxylation is 1. The highest BCUT2D eigenvalue weighted by atomic mass is 16.5. The van der Waals surface area contributed by atoms with Crippen LogP contribution in [0.1, 0.15) is 37.5 Å². The first-order valence-electron chi connectivity index (χ1n) is 8.84.